The minimum atomic E-state index is -0.607. The lowest BCUT2D eigenvalue weighted by Gasteiger charge is -2.08. The van der Waals surface area contributed by atoms with Gasteiger partial charge in [0.1, 0.15) is 0 Å². The van der Waals surface area contributed by atoms with E-state index in [9.17, 15) is 9.59 Å². The average molecular weight is 233 g/mol. The molecule has 0 bridgehead atoms. The van der Waals surface area contributed by atoms with Gasteiger partial charge in [0.15, 0.2) is 5.65 Å². The van der Waals surface area contributed by atoms with Gasteiger partial charge in [-0.15, -0.1) is 0 Å². The molecule has 17 heavy (non-hydrogen) atoms. The number of aromatic nitrogens is 3. The standard InChI is InChI=1S/C12H15N3O2/c1-3-4-5-15-9-6-8(2)7-13-10(9)14-11(16)12(15)17/h6-7H,3-5H2,1-2H3,(H,13,14,16). The van der Waals surface area contributed by atoms with E-state index in [4.69, 9.17) is 0 Å². The fourth-order valence-electron chi connectivity index (χ4n) is 1.79. The molecule has 2 aromatic rings. The number of hydrogen-bond acceptors (Lipinski definition) is 3. The Morgan fingerprint density at radius 3 is 2.88 bits per heavy atom. The SMILES string of the molecule is CCCCn1c(=O)c(=O)[nH]c2ncc(C)cc21. The Labute approximate surface area is 98.1 Å². The number of pyridine rings is 1. The molecule has 0 saturated carbocycles. The second-order valence-corrected chi connectivity index (χ2v) is 4.14. The summed E-state index contributed by atoms with van der Waals surface area (Å²) in [6.45, 7) is 4.51. The van der Waals surface area contributed by atoms with E-state index >= 15 is 0 Å². The van der Waals surface area contributed by atoms with Crippen LogP contribution in [0.4, 0.5) is 0 Å². The molecule has 0 aliphatic carbocycles. The highest BCUT2D eigenvalue weighted by molar-refractivity contribution is 5.70. The van der Waals surface area contributed by atoms with E-state index in [2.05, 4.69) is 9.97 Å². The molecule has 1 N–H and O–H groups in total. The summed E-state index contributed by atoms with van der Waals surface area (Å²) in [5.41, 5.74) is 1.02. The summed E-state index contributed by atoms with van der Waals surface area (Å²) in [7, 11) is 0. The monoisotopic (exact) mass is 233 g/mol. The van der Waals surface area contributed by atoms with Crippen LogP contribution in [0.2, 0.25) is 0 Å². The fraction of sp³-hybridized carbons (Fsp3) is 0.417. The van der Waals surface area contributed by atoms with Crippen LogP contribution in [0.3, 0.4) is 0 Å². The second kappa shape index (κ2) is 4.53. The van der Waals surface area contributed by atoms with E-state index in [1.54, 1.807) is 6.20 Å². The van der Waals surface area contributed by atoms with Crippen molar-refractivity contribution >= 4 is 11.2 Å². The Morgan fingerprint density at radius 2 is 2.18 bits per heavy atom. The zero-order valence-electron chi connectivity index (χ0n) is 9.99. The maximum atomic E-state index is 11.8. The molecule has 0 fully saturated rings. The largest absolute Gasteiger partial charge is 0.316 e. The van der Waals surface area contributed by atoms with E-state index in [0.717, 1.165) is 18.4 Å². The number of aromatic amines is 1. The zero-order valence-corrected chi connectivity index (χ0v) is 9.99. The van der Waals surface area contributed by atoms with Crippen LogP contribution in [0.5, 0.6) is 0 Å². The Bertz CT molecular complexity index is 655. The molecule has 90 valence electrons. The van der Waals surface area contributed by atoms with Gasteiger partial charge in [-0.3, -0.25) is 9.59 Å². The Hall–Kier alpha value is -1.91. The van der Waals surface area contributed by atoms with Crippen LogP contribution in [-0.2, 0) is 6.54 Å². The van der Waals surface area contributed by atoms with Gasteiger partial charge in [0.2, 0.25) is 0 Å². The highest BCUT2D eigenvalue weighted by Gasteiger charge is 2.07. The number of nitrogens with zero attached hydrogens (tertiary/aromatic N) is 2. The number of rotatable bonds is 3. The molecule has 0 aliphatic heterocycles. The number of H-pyrrole nitrogens is 1. The van der Waals surface area contributed by atoms with Gasteiger partial charge in [-0.25, -0.2) is 4.98 Å². The van der Waals surface area contributed by atoms with Crippen LogP contribution >= 0.6 is 0 Å². The first-order chi connectivity index (χ1) is 8.13. The molecule has 0 unspecified atom stereocenters. The number of aryl methyl sites for hydroxylation is 2. The average Bonchev–Trinajstić information content (AvgIpc) is 2.31. The van der Waals surface area contributed by atoms with Crippen LogP contribution in [-0.4, -0.2) is 14.5 Å². The molecule has 5 heteroatoms. The molecule has 5 nitrogen and oxygen atoms in total. The second-order valence-electron chi connectivity index (χ2n) is 4.14. The predicted octanol–water partition coefficient (Wildman–Crippen LogP) is 1.19. The molecule has 0 radical (unpaired) electrons. The predicted molar refractivity (Wildman–Crippen MR) is 66.3 cm³/mol. The van der Waals surface area contributed by atoms with Crippen LogP contribution in [0.1, 0.15) is 25.3 Å². The van der Waals surface area contributed by atoms with Crippen molar-refractivity contribution in [2.24, 2.45) is 0 Å². The van der Waals surface area contributed by atoms with Gasteiger partial charge in [0, 0.05) is 12.7 Å². The first-order valence-corrected chi connectivity index (χ1v) is 5.73. The molecule has 2 heterocycles. The molecule has 2 aromatic heterocycles. The third-order valence-corrected chi connectivity index (χ3v) is 2.70. The highest BCUT2D eigenvalue weighted by Crippen LogP contribution is 2.08. The smallest absolute Gasteiger partial charge is 0.301 e. The maximum Gasteiger partial charge on any atom is 0.316 e. The van der Waals surface area contributed by atoms with Crippen molar-refractivity contribution in [1.82, 2.24) is 14.5 Å². The van der Waals surface area contributed by atoms with Crippen molar-refractivity contribution in [3.05, 3.63) is 38.5 Å². The summed E-state index contributed by atoms with van der Waals surface area (Å²) >= 11 is 0. The summed E-state index contributed by atoms with van der Waals surface area (Å²) < 4.78 is 1.51. The van der Waals surface area contributed by atoms with Crippen LogP contribution in [0.15, 0.2) is 21.9 Å². The zero-order chi connectivity index (χ0) is 12.4. The third kappa shape index (κ3) is 2.13. The Morgan fingerprint density at radius 1 is 1.41 bits per heavy atom. The summed E-state index contributed by atoms with van der Waals surface area (Å²) in [4.78, 5) is 29.9. The lowest BCUT2D eigenvalue weighted by atomic mass is 10.2. The summed E-state index contributed by atoms with van der Waals surface area (Å²) in [5.74, 6) is 0. The van der Waals surface area contributed by atoms with Crippen LogP contribution in [0.25, 0.3) is 11.2 Å². The summed E-state index contributed by atoms with van der Waals surface area (Å²) in [6.07, 6.45) is 3.51. The van der Waals surface area contributed by atoms with Crippen molar-refractivity contribution in [3.8, 4) is 0 Å². The normalized spacial score (nSPS) is 10.9. The molecule has 2 rings (SSSR count). The van der Waals surface area contributed by atoms with Gasteiger partial charge >= 0.3 is 11.1 Å². The topological polar surface area (TPSA) is 67.8 Å². The van der Waals surface area contributed by atoms with E-state index in [-0.39, 0.29) is 0 Å². The van der Waals surface area contributed by atoms with Crippen molar-refractivity contribution in [1.29, 1.82) is 0 Å². The minimum absolute atomic E-state index is 0.469. The molecule has 0 amide bonds. The molecular weight excluding hydrogens is 218 g/mol. The van der Waals surface area contributed by atoms with E-state index in [0.29, 0.717) is 17.7 Å². The summed E-state index contributed by atoms with van der Waals surface area (Å²) in [6, 6.07) is 1.87. The number of fused-ring (bicyclic) bond motifs is 1. The molecule has 0 aromatic carbocycles. The van der Waals surface area contributed by atoms with Gasteiger partial charge in [-0.2, -0.15) is 0 Å². The number of hydrogen-bond donors (Lipinski definition) is 1. The molecular formula is C12H15N3O2. The third-order valence-electron chi connectivity index (χ3n) is 2.70. The van der Waals surface area contributed by atoms with Crippen molar-refractivity contribution in [3.63, 3.8) is 0 Å². The maximum absolute atomic E-state index is 11.8. The van der Waals surface area contributed by atoms with Gasteiger partial charge in [-0.05, 0) is 25.0 Å². The summed E-state index contributed by atoms with van der Waals surface area (Å²) in [5, 5.41) is 0. The van der Waals surface area contributed by atoms with Gasteiger partial charge in [0.05, 0.1) is 5.52 Å². The lowest BCUT2D eigenvalue weighted by molar-refractivity contribution is 0.624. The fourth-order valence-corrected chi connectivity index (χ4v) is 1.79. The number of unbranched alkanes of at least 4 members (excludes halogenated alkanes) is 1. The molecule has 0 atom stereocenters. The van der Waals surface area contributed by atoms with Crippen molar-refractivity contribution in [2.45, 2.75) is 33.2 Å². The van der Waals surface area contributed by atoms with Gasteiger partial charge in [0.25, 0.3) is 0 Å². The molecule has 0 spiro atoms. The van der Waals surface area contributed by atoms with Crippen LogP contribution < -0.4 is 11.1 Å². The van der Waals surface area contributed by atoms with Crippen LogP contribution in [0, 0.1) is 6.92 Å². The number of nitrogens with one attached hydrogen (secondary N) is 1. The Kier molecular flexibility index (Phi) is 3.08. The van der Waals surface area contributed by atoms with E-state index in [1.807, 2.05) is 19.9 Å². The van der Waals surface area contributed by atoms with Gasteiger partial charge < -0.3 is 9.55 Å². The highest BCUT2D eigenvalue weighted by atomic mass is 16.2. The van der Waals surface area contributed by atoms with E-state index < -0.39 is 11.1 Å². The van der Waals surface area contributed by atoms with Gasteiger partial charge in [-0.1, -0.05) is 13.3 Å². The lowest BCUT2D eigenvalue weighted by Crippen LogP contribution is -2.36. The van der Waals surface area contributed by atoms with Crippen molar-refractivity contribution < 1.29 is 0 Å². The van der Waals surface area contributed by atoms with E-state index in [1.165, 1.54) is 4.57 Å². The minimum Gasteiger partial charge on any atom is -0.301 e. The molecule has 0 saturated heterocycles. The first kappa shape index (κ1) is 11.6. The Balaban J connectivity index is 2.75. The quantitative estimate of drug-likeness (QED) is 0.810. The first-order valence-electron chi connectivity index (χ1n) is 5.73. The molecule has 0 aliphatic rings. The van der Waals surface area contributed by atoms with Crippen molar-refractivity contribution in [2.75, 3.05) is 0 Å².